The van der Waals surface area contributed by atoms with E-state index in [-0.39, 0.29) is 28.6 Å². The standard InChI is InChI=1S/C19H12ClN5OS2/c20-11-3-5-12(6-4-11)24-16(26)10-28-19-14(9-22)17(15-2-1-7-27-15)13(8-21)18(23)25-19/h1-7H,10H2,(H2,23,25)(H,24,26). The fraction of sp³-hybridized carbons (Fsp3) is 0.0526. The first-order valence-electron chi connectivity index (χ1n) is 7.89. The van der Waals surface area contributed by atoms with Gasteiger partial charge in [0.1, 0.15) is 28.5 Å². The van der Waals surface area contributed by atoms with Crippen LogP contribution in [-0.2, 0) is 4.79 Å². The van der Waals surface area contributed by atoms with Crippen molar-refractivity contribution < 1.29 is 4.79 Å². The number of anilines is 2. The summed E-state index contributed by atoms with van der Waals surface area (Å²) in [6.07, 6.45) is 0. The molecule has 0 unspecified atom stereocenters. The molecule has 0 bridgehead atoms. The van der Waals surface area contributed by atoms with Crippen LogP contribution in [0.15, 0.2) is 46.8 Å². The molecule has 2 heterocycles. The Balaban J connectivity index is 1.86. The van der Waals surface area contributed by atoms with Crippen molar-refractivity contribution in [3.63, 3.8) is 0 Å². The third-order valence-corrected chi connectivity index (χ3v) is 5.77. The predicted octanol–water partition coefficient (Wildman–Crippen LogP) is 4.52. The first kappa shape index (κ1) is 19.7. The molecule has 28 heavy (non-hydrogen) atoms. The Labute approximate surface area is 174 Å². The van der Waals surface area contributed by atoms with Gasteiger partial charge in [0.25, 0.3) is 0 Å². The molecule has 138 valence electrons. The van der Waals surface area contributed by atoms with Crippen molar-refractivity contribution in [1.29, 1.82) is 10.5 Å². The maximum atomic E-state index is 12.2. The maximum Gasteiger partial charge on any atom is 0.234 e. The van der Waals surface area contributed by atoms with E-state index in [0.717, 1.165) is 16.6 Å². The Morgan fingerprint density at radius 2 is 1.93 bits per heavy atom. The van der Waals surface area contributed by atoms with E-state index in [1.54, 1.807) is 24.3 Å². The number of thiophene rings is 1. The Kier molecular flexibility index (Phi) is 6.17. The molecule has 0 saturated heterocycles. The van der Waals surface area contributed by atoms with E-state index in [1.165, 1.54) is 11.3 Å². The molecule has 3 rings (SSSR count). The molecule has 0 spiro atoms. The topological polar surface area (TPSA) is 116 Å². The number of carbonyl (C=O) groups excluding carboxylic acids is 1. The molecule has 0 aliphatic heterocycles. The highest BCUT2D eigenvalue weighted by Crippen LogP contribution is 2.37. The molecular weight excluding hydrogens is 414 g/mol. The van der Waals surface area contributed by atoms with Crippen LogP contribution in [0.4, 0.5) is 11.5 Å². The van der Waals surface area contributed by atoms with E-state index in [2.05, 4.69) is 16.4 Å². The number of aromatic nitrogens is 1. The van der Waals surface area contributed by atoms with Gasteiger partial charge in [-0.25, -0.2) is 4.98 Å². The van der Waals surface area contributed by atoms with E-state index >= 15 is 0 Å². The number of rotatable bonds is 5. The van der Waals surface area contributed by atoms with Crippen molar-refractivity contribution in [3.8, 4) is 22.6 Å². The van der Waals surface area contributed by atoms with Crippen LogP contribution < -0.4 is 11.1 Å². The van der Waals surface area contributed by atoms with Gasteiger partial charge in [-0.05, 0) is 35.7 Å². The van der Waals surface area contributed by atoms with Crippen LogP contribution in [0.25, 0.3) is 10.4 Å². The minimum atomic E-state index is -0.265. The highest BCUT2D eigenvalue weighted by atomic mass is 35.5. The Morgan fingerprint density at radius 3 is 2.54 bits per heavy atom. The van der Waals surface area contributed by atoms with Crippen molar-refractivity contribution in [2.75, 3.05) is 16.8 Å². The number of nitrogens with two attached hydrogens (primary N) is 1. The number of pyridine rings is 1. The summed E-state index contributed by atoms with van der Waals surface area (Å²) in [6.45, 7) is 0. The van der Waals surface area contributed by atoms with Crippen LogP contribution in [-0.4, -0.2) is 16.6 Å². The Morgan fingerprint density at radius 1 is 1.21 bits per heavy atom. The van der Waals surface area contributed by atoms with Crippen LogP contribution in [0, 0.1) is 22.7 Å². The highest BCUT2D eigenvalue weighted by molar-refractivity contribution is 8.00. The van der Waals surface area contributed by atoms with Gasteiger partial charge in [-0.15, -0.1) is 11.3 Å². The number of nitrogens with one attached hydrogen (secondary N) is 1. The van der Waals surface area contributed by atoms with Gasteiger partial charge in [-0.3, -0.25) is 4.79 Å². The van der Waals surface area contributed by atoms with Gasteiger partial charge in [0, 0.05) is 21.2 Å². The lowest BCUT2D eigenvalue weighted by Gasteiger charge is -2.11. The summed E-state index contributed by atoms with van der Waals surface area (Å²) in [4.78, 5) is 17.2. The SMILES string of the molecule is N#Cc1c(N)nc(SCC(=O)Nc2ccc(Cl)cc2)c(C#N)c1-c1cccs1. The smallest absolute Gasteiger partial charge is 0.234 e. The number of halogens is 1. The monoisotopic (exact) mass is 425 g/mol. The number of nitrogens with zero attached hydrogens (tertiary/aromatic N) is 3. The number of nitrogen functional groups attached to an aromatic ring is 1. The van der Waals surface area contributed by atoms with Crippen LogP contribution >= 0.6 is 34.7 Å². The Bertz CT molecular complexity index is 1100. The zero-order valence-corrected chi connectivity index (χ0v) is 16.7. The fourth-order valence-electron chi connectivity index (χ4n) is 2.43. The van der Waals surface area contributed by atoms with Gasteiger partial charge in [0.2, 0.25) is 5.91 Å². The first-order valence-corrected chi connectivity index (χ1v) is 10.1. The predicted molar refractivity (Wildman–Crippen MR) is 112 cm³/mol. The van der Waals surface area contributed by atoms with Gasteiger partial charge >= 0.3 is 0 Å². The number of hydrogen-bond acceptors (Lipinski definition) is 7. The summed E-state index contributed by atoms with van der Waals surface area (Å²) in [5.74, 6) is -0.205. The minimum absolute atomic E-state index is 0.0273. The lowest BCUT2D eigenvalue weighted by Crippen LogP contribution is -2.14. The second-order valence-corrected chi connectivity index (χ2v) is 7.82. The third kappa shape index (κ3) is 4.26. The molecule has 0 atom stereocenters. The summed E-state index contributed by atoms with van der Waals surface area (Å²) in [5, 5.41) is 24.6. The molecule has 0 saturated carbocycles. The van der Waals surface area contributed by atoms with E-state index in [9.17, 15) is 15.3 Å². The average molecular weight is 426 g/mol. The minimum Gasteiger partial charge on any atom is -0.383 e. The van der Waals surface area contributed by atoms with Gasteiger partial charge < -0.3 is 11.1 Å². The molecule has 9 heteroatoms. The van der Waals surface area contributed by atoms with Crippen molar-refractivity contribution in [2.45, 2.75) is 5.03 Å². The fourth-order valence-corrected chi connectivity index (χ4v) is 4.14. The van der Waals surface area contributed by atoms with Crippen molar-refractivity contribution in [3.05, 3.63) is 57.9 Å². The number of hydrogen-bond donors (Lipinski definition) is 2. The molecule has 0 fully saturated rings. The van der Waals surface area contributed by atoms with E-state index in [4.69, 9.17) is 17.3 Å². The molecular formula is C19H12ClN5OS2. The van der Waals surface area contributed by atoms with Crippen molar-refractivity contribution in [2.24, 2.45) is 0 Å². The number of amides is 1. The zero-order valence-electron chi connectivity index (χ0n) is 14.3. The molecule has 0 aliphatic rings. The molecule has 1 amide bonds. The number of nitriles is 2. The molecule has 0 aliphatic carbocycles. The molecule has 1 aromatic carbocycles. The maximum absolute atomic E-state index is 12.2. The van der Waals surface area contributed by atoms with Gasteiger partial charge in [0.05, 0.1) is 11.3 Å². The van der Waals surface area contributed by atoms with Crippen molar-refractivity contribution in [1.82, 2.24) is 4.98 Å². The average Bonchev–Trinajstić information content (AvgIpc) is 3.22. The number of thioether (sulfide) groups is 1. The number of benzene rings is 1. The molecule has 2 aromatic heterocycles. The second-order valence-electron chi connectivity index (χ2n) is 5.47. The van der Waals surface area contributed by atoms with Gasteiger partial charge in [0.15, 0.2) is 0 Å². The van der Waals surface area contributed by atoms with E-state index in [0.29, 0.717) is 21.3 Å². The quantitative estimate of drug-likeness (QED) is 0.580. The van der Waals surface area contributed by atoms with Crippen LogP contribution in [0.2, 0.25) is 5.02 Å². The van der Waals surface area contributed by atoms with Crippen LogP contribution in [0.1, 0.15) is 11.1 Å². The summed E-state index contributed by atoms with van der Waals surface area (Å²) >= 11 is 8.32. The molecule has 3 N–H and O–H groups in total. The molecule has 6 nitrogen and oxygen atoms in total. The summed E-state index contributed by atoms with van der Waals surface area (Å²) in [7, 11) is 0. The highest BCUT2D eigenvalue weighted by Gasteiger charge is 2.21. The van der Waals surface area contributed by atoms with Crippen LogP contribution in [0.5, 0.6) is 0 Å². The lowest BCUT2D eigenvalue weighted by molar-refractivity contribution is -0.113. The molecule has 3 aromatic rings. The van der Waals surface area contributed by atoms with Crippen molar-refractivity contribution >= 4 is 52.1 Å². The summed E-state index contributed by atoms with van der Waals surface area (Å²) in [6, 6.07) is 14.5. The third-order valence-electron chi connectivity index (χ3n) is 3.65. The summed E-state index contributed by atoms with van der Waals surface area (Å²) < 4.78 is 0. The Hall–Kier alpha value is -3.04. The van der Waals surface area contributed by atoms with E-state index in [1.807, 2.05) is 23.6 Å². The normalized spacial score (nSPS) is 10.1. The number of carbonyl (C=O) groups is 1. The first-order chi connectivity index (χ1) is 13.5. The second kappa shape index (κ2) is 8.77. The zero-order chi connectivity index (χ0) is 20.1. The lowest BCUT2D eigenvalue weighted by atomic mass is 10.0. The summed E-state index contributed by atoms with van der Waals surface area (Å²) in [5.41, 5.74) is 7.40. The van der Waals surface area contributed by atoms with Crippen LogP contribution in [0.3, 0.4) is 0 Å². The molecule has 0 radical (unpaired) electrons. The van der Waals surface area contributed by atoms with Gasteiger partial charge in [-0.1, -0.05) is 29.4 Å². The van der Waals surface area contributed by atoms with E-state index < -0.39 is 0 Å². The largest absolute Gasteiger partial charge is 0.383 e. The van der Waals surface area contributed by atoms with Gasteiger partial charge in [-0.2, -0.15) is 10.5 Å².